The molecule has 1 radical (unpaired) electrons. The summed E-state index contributed by atoms with van der Waals surface area (Å²) >= 11 is 0. The molecule has 4 nitrogen and oxygen atoms in total. The lowest BCUT2D eigenvalue weighted by Crippen LogP contribution is -2.45. The molecule has 1 fully saturated rings. The zero-order valence-corrected chi connectivity index (χ0v) is 8.32. The molecule has 1 aliphatic rings. The Morgan fingerprint density at radius 2 is 2.53 bits per heavy atom. The molecule has 0 saturated carbocycles. The van der Waals surface area contributed by atoms with E-state index in [0.29, 0.717) is 18.8 Å². The summed E-state index contributed by atoms with van der Waals surface area (Å²) in [7, 11) is 0. The largest absolute Gasteiger partial charge is 0.366 e. The van der Waals surface area contributed by atoms with Crippen molar-refractivity contribution in [3.05, 3.63) is 30.3 Å². The predicted octanol–water partition coefficient (Wildman–Crippen LogP) is 0.414. The van der Waals surface area contributed by atoms with Gasteiger partial charge in [-0.25, -0.2) is 0 Å². The van der Waals surface area contributed by atoms with Crippen LogP contribution in [0.4, 0.5) is 5.69 Å². The van der Waals surface area contributed by atoms with Gasteiger partial charge >= 0.3 is 0 Å². The maximum Gasteiger partial charge on any atom is 0.254 e. The van der Waals surface area contributed by atoms with Gasteiger partial charge in [-0.05, 0) is 6.07 Å². The van der Waals surface area contributed by atoms with Crippen molar-refractivity contribution in [2.45, 2.75) is 6.10 Å². The lowest BCUT2D eigenvalue weighted by molar-refractivity contribution is -0.128. The first kappa shape index (κ1) is 10.1. The third-order valence-corrected chi connectivity index (χ3v) is 2.19. The molecule has 0 spiro atoms. The molecule has 2 rings (SSSR count). The smallest absolute Gasteiger partial charge is 0.254 e. The molecule has 0 aromatic heterocycles. The summed E-state index contributed by atoms with van der Waals surface area (Å²) < 4.78 is 5.32. The van der Waals surface area contributed by atoms with Crippen LogP contribution in [0.1, 0.15) is 0 Å². The van der Waals surface area contributed by atoms with Crippen molar-refractivity contribution in [2.24, 2.45) is 0 Å². The molecule has 0 bridgehead atoms. The molecule has 1 amide bonds. The number of anilines is 1. The number of carbonyl (C=O) groups excluding carboxylic acids is 1. The SMILES string of the molecule is O=C(Nc1[c]cccc1)C1CNCCO1. The number of para-hydroxylation sites is 1. The monoisotopic (exact) mass is 205 g/mol. The van der Waals surface area contributed by atoms with Crippen LogP contribution in [0.15, 0.2) is 24.3 Å². The Kier molecular flexibility index (Phi) is 3.32. The van der Waals surface area contributed by atoms with E-state index in [1.165, 1.54) is 0 Å². The zero-order chi connectivity index (χ0) is 10.5. The van der Waals surface area contributed by atoms with E-state index in [1.54, 1.807) is 12.1 Å². The first-order valence-corrected chi connectivity index (χ1v) is 4.96. The topological polar surface area (TPSA) is 50.4 Å². The van der Waals surface area contributed by atoms with Crippen LogP contribution >= 0.6 is 0 Å². The average molecular weight is 205 g/mol. The summed E-state index contributed by atoms with van der Waals surface area (Å²) in [6.45, 7) is 1.95. The number of hydrogen-bond donors (Lipinski definition) is 2. The van der Waals surface area contributed by atoms with E-state index in [2.05, 4.69) is 16.7 Å². The fourth-order valence-corrected chi connectivity index (χ4v) is 1.42. The summed E-state index contributed by atoms with van der Waals surface area (Å²) in [5.74, 6) is -0.121. The molecular formula is C11H13N2O2. The van der Waals surface area contributed by atoms with Gasteiger partial charge in [0.2, 0.25) is 0 Å². The predicted molar refractivity (Wildman–Crippen MR) is 56.5 cm³/mol. The van der Waals surface area contributed by atoms with Crippen LogP contribution < -0.4 is 10.6 Å². The van der Waals surface area contributed by atoms with E-state index in [9.17, 15) is 4.79 Å². The highest BCUT2D eigenvalue weighted by molar-refractivity contribution is 5.94. The molecule has 1 saturated heterocycles. The van der Waals surface area contributed by atoms with Crippen molar-refractivity contribution < 1.29 is 9.53 Å². The molecule has 2 N–H and O–H groups in total. The molecule has 1 atom stereocenters. The Morgan fingerprint density at radius 1 is 1.60 bits per heavy atom. The molecule has 15 heavy (non-hydrogen) atoms. The molecular weight excluding hydrogens is 192 g/mol. The van der Waals surface area contributed by atoms with Gasteiger partial charge < -0.3 is 15.4 Å². The number of morpholine rings is 1. The van der Waals surface area contributed by atoms with Crippen LogP contribution in [-0.2, 0) is 9.53 Å². The van der Waals surface area contributed by atoms with E-state index in [4.69, 9.17) is 4.74 Å². The Labute approximate surface area is 88.6 Å². The Bertz CT molecular complexity index is 321. The maximum atomic E-state index is 11.7. The van der Waals surface area contributed by atoms with Gasteiger partial charge in [0.25, 0.3) is 5.91 Å². The van der Waals surface area contributed by atoms with Crippen LogP contribution in [0.25, 0.3) is 0 Å². The van der Waals surface area contributed by atoms with E-state index in [0.717, 1.165) is 6.54 Å². The highest BCUT2D eigenvalue weighted by atomic mass is 16.5. The quantitative estimate of drug-likeness (QED) is 0.735. The summed E-state index contributed by atoms with van der Waals surface area (Å²) in [4.78, 5) is 11.7. The first-order valence-electron chi connectivity index (χ1n) is 4.96. The van der Waals surface area contributed by atoms with Crippen molar-refractivity contribution >= 4 is 11.6 Å². The Morgan fingerprint density at radius 3 is 3.20 bits per heavy atom. The van der Waals surface area contributed by atoms with E-state index in [-0.39, 0.29) is 5.91 Å². The summed E-state index contributed by atoms with van der Waals surface area (Å²) in [5, 5.41) is 5.86. The second kappa shape index (κ2) is 4.91. The number of amides is 1. The molecule has 79 valence electrons. The standard InChI is InChI=1S/C11H13N2O2/c14-11(10-8-12-6-7-15-10)13-9-4-2-1-3-5-9/h1-4,10,12H,6-8H2,(H,13,14). The van der Waals surface area contributed by atoms with Gasteiger partial charge in [-0.1, -0.05) is 18.2 Å². The molecule has 0 aliphatic carbocycles. The fraction of sp³-hybridized carbons (Fsp3) is 0.364. The second-order valence-electron chi connectivity index (χ2n) is 3.33. The average Bonchev–Trinajstić information content (AvgIpc) is 2.31. The lowest BCUT2D eigenvalue weighted by Gasteiger charge is -2.22. The number of rotatable bonds is 2. The van der Waals surface area contributed by atoms with Crippen LogP contribution in [0, 0.1) is 6.07 Å². The molecule has 1 aromatic rings. The minimum Gasteiger partial charge on any atom is -0.366 e. The van der Waals surface area contributed by atoms with Crippen LogP contribution in [0.2, 0.25) is 0 Å². The third kappa shape index (κ3) is 2.78. The molecule has 1 aromatic carbocycles. The first-order chi connectivity index (χ1) is 7.36. The highest BCUT2D eigenvalue weighted by Crippen LogP contribution is 2.06. The van der Waals surface area contributed by atoms with Crippen LogP contribution in [-0.4, -0.2) is 31.7 Å². The molecule has 1 unspecified atom stereocenters. The highest BCUT2D eigenvalue weighted by Gasteiger charge is 2.21. The van der Waals surface area contributed by atoms with Gasteiger partial charge in [0.1, 0.15) is 6.10 Å². The minimum atomic E-state index is -0.396. The summed E-state index contributed by atoms with van der Waals surface area (Å²) in [6.07, 6.45) is -0.396. The second-order valence-corrected chi connectivity index (χ2v) is 3.33. The molecule has 4 heteroatoms. The molecule has 1 aliphatic heterocycles. The normalized spacial score (nSPS) is 20.9. The number of nitrogens with one attached hydrogen (secondary N) is 2. The van der Waals surface area contributed by atoms with E-state index >= 15 is 0 Å². The van der Waals surface area contributed by atoms with E-state index < -0.39 is 6.10 Å². The minimum absolute atomic E-state index is 0.121. The van der Waals surface area contributed by atoms with Crippen molar-refractivity contribution in [3.8, 4) is 0 Å². The Balaban J connectivity index is 1.91. The molecule has 1 heterocycles. The number of hydrogen-bond acceptors (Lipinski definition) is 3. The van der Waals surface area contributed by atoms with Crippen molar-refractivity contribution in [2.75, 3.05) is 25.0 Å². The van der Waals surface area contributed by atoms with Crippen LogP contribution in [0.3, 0.4) is 0 Å². The third-order valence-electron chi connectivity index (χ3n) is 2.19. The van der Waals surface area contributed by atoms with Gasteiger partial charge in [0.05, 0.1) is 6.61 Å². The number of carbonyl (C=O) groups is 1. The van der Waals surface area contributed by atoms with Crippen molar-refractivity contribution in [1.29, 1.82) is 0 Å². The van der Waals surface area contributed by atoms with Crippen LogP contribution in [0.5, 0.6) is 0 Å². The summed E-state index contributed by atoms with van der Waals surface area (Å²) in [5.41, 5.74) is 0.677. The van der Waals surface area contributed by atoms with Gasteiger partial charge in [0.15, 0.2) is 0 Å². The lowest BCUT2D eigenvalue weighted by atomic mass is 10.2. The van der Waals surface area contributed by atoms with Gasteiger partial charge in [-0.3, -0.25) is 4.79 Å². The van der Waals surface area contributed by atoms with Gasteiger partial charge in [-0.15, -0.1) is 0 Å². The van der Waals surface area contributed by atoms with Crippen molar-refractivity contribution in [3.63, 3.8) is 0 Å². The van der Waals surface area contributed by atoms with E-state index in [1.807, 2.05) is 12.1 Å². The number of ether oxygens (including phenoxy) is 1. The number of benzene rings is 1. The maximum absolute atomic E-state index is 11.7. The van der Waals surface area contributed by atoms with Crippen molar-refractivity contribution in [1.82, 2.24) is 5.32 Å². The van der Waals surface area contributed by atoms with Gasteiger partial charge in [-0.2, -0.15) is 0 Å². The van der Waals surface area contributed by atoms with Gasteiger partial charge in [0, 0.05) is 24.8 Å². The Hall–Kier alpha value is -1.39. The summed E-state index contributed by atoms with van der Waals surface area (Å²) in [6, 6.07) is 10.2. The fourth-order valence-electron chi connectivity index (χ4n) is 1.42. The zero-order valence-electron chi connectivity index (χ0n) is 8.32.